The van der Waals surface area contributed by atoms with E-state index in [1.807, 2.05) is 12.3 Å². The Balaban J connectivity index is 1.30. The number of carbonyl (C=O) groups excluding carboxylic acids is 1. The number of nitrogens with one attached hydrogen (secondary N) is 1. The summed E-state index contributed by atoms with van der Waals surface area (Å²) >= 11 is 0. The second-order valence-electron chi connectivity index (χ2n) is 8.05. The Kier molecular flexibility index (Phi) is 6.42. The van der Waals surface area contributed by atoms with Gasteiger partial charge in [-0.1, -0.05) is 12.1 Å². The summed E-state index contributed by atoms with van der Waals surface area (Å²) in [5.41, 5.74) is 4.40. The summed E-state index contributed by atoms with van der Waals surface area (Å²) in [5, 5.41) is 11.7. The molecule has 2 aliphatic rings. The molecular weight excluding hydrogens is 366 g/mol. The molecule has 2 aromatic rings. The number of ether oxygens (including phenoxy) is 1. The normalized spacial score (nSPS) is 18.4. The van der Waals surface area contributed by atoms with E-state index in [4.69, 9.17) is 9.84 Å². The summed E-state index contributed by atoms with van der Waals surface area (Å²) in [6, 6.07) is 8.52. The number of aliphatic hydroxyl groups excluding tert-OH is 1. The van der Waals surface area contributed by atoms with E-state index in [1.54, 1.807) is 6.20 Å². The highest BCUT2D eigenvalue weighted by Crippen LogP contribution is 2.28. The Morgan fingerprint density at radius 3 is 3.10 bits per heavy atom. The Morgan fingerprint density at radius 1 is 1.28 bits per heavy atom. The molecule has 0 radical (unpaired) electrons. The fourth-order valence-electron chi connectivity index (χ4n) is 4.26. The maximum atomic E-state index is 12.2. The van der Waals surface area contributed by atoms with Gasteiger partial charge in [-0.15, -0.1) is 0 Å². The van der Waals surface area contributed by atoms with Crippen molar-refractivity contribution in [1.29, 1.82) is 0 Å². The van der Waals surface area contributed by atoms with Gasteiger partial charge >= 0.3 is 0 Å². The zero-order valence-corrected chi connectivity index (χ0v) is 16.8. The van der Waals surface area contributed by atoms with Crippen molar-refractivity contribution >= 4 is 5.91 Å². The molecule has 154 valence electrons. The maximum absolute atomic E-state index is 12.2. The number of carbonyl (C=O) groups is 1. The Morgan fingerprint density at radius 2 is 2.21 bits per heavy atom. The molecule has 1 atom stereocenters. The van der Waals surface area contributed by atoms with Gasteiger partial charge in [-0.2, -0.15) is 0 Å². The van der Waals surface area contributed by atoms with Crippen LogP contribution < -0.4 is 10.1 Å². The number of nitrogens with zero attached hydrogens (tertiary/aromatic N) is 2. The molecule has 1 aromatic heterocycles. The lowest BCUT2D eigenvalue weighted by molar-refractivity contribution is 0.0950. The number of hydrogen-bond acceptors (Lipinski definition) is 5. The molecule has 0 saturated carbocycles. The van der Waals surface area contributed by atoms with Gasteiger partial charge < -0.3 is 15.2 Å². The van der Waals surface area contributed by atoms with Gasteiger partial charge in [-0.3, -0.25) is 14.7 Å². The summed E-state index contributed by atoms with van der Waals surface area (Å²) in [7, 11) is 0. The van der Waals surface area contributed by atoms with Crippen LogP contribution in [0.5, 0.6) is 5.75 Å². The van der Waals surface area contributed by atoms with Gasteiger partial charge in [0.05, 0.1) is 12.2 Å². The van der Waals surface area contributed by atoms with Crippen molar-refractivity contribution in [2.75, 3.05) is 32.8 Å². The molecule has 6 nitrogen and oxygen atoms in total. The first-order chi connectivity index (χ1) is 14.2. The van der Waals surface area contributed by atoms with E-state index in [0.717, 1.165) is 50.4 Å². The molecular formula is C23H29N3O3. The average Bonchev–Trinajstić information content (AvgIpc) is 3.37. The van der Waals surface area contributed by atoms with Crippen molar-refractivity contribution in [3.63, 3.8) is 0 Å². The van der Waals surface area contributed by atoms with E-state index >= 15 is 0 Å². The molecule has 3 heterocycles. The molecule has 0 aliphatic carbocycles. The zero-order valence-electron chi connectivity index (χ0n) is 16.8. The molecule has 0 spiro atoms. The van der Waals surface area contributed by atoms with Crippen LogP contribution in [0.3, 0.4) is 0 Å². The SMILES string of the molecule is O=C(NCCCO)c1cncc(CC2CCN(Cc3ccc4c(c3)CCO4)C2)c1. The molecule has 2 aliphatic heterocycles. The molecule has 1 fully saturated rings. The second-order valence-corrected chi connectivity index (χ2v) is 8.05. The third kappa shape index (κ3) is 5.14. The number of aromatic nitrogens is 1. The monoisotopic (exact) mass is 395 g/mol. The van der Waals surface area contributed by atoms with Gasteiger partial charge in [0.15, 0.2) is 0 Å². The van der Waals surface area contributed by atoms with Gasteiger partial charge in [0, 0.05) is 45.1 Å². The molecule has 0 bridgehead atoms. The first kappa shape index (κ1) is 19.9. The van der Waals surface area contributed by atoms with E-state index in [2.05, 4.69) is 33.4 Å². The van der Waals surface area contributed by atoms with Crippen molar-refractivity contribution < 1.29 is 14.6 Å². The second kappa shape index (κ2) is 9.37. The third-order valence-corrected chi connectivity index (χ3v) is 5.73. The number of aliphatic hydroxyl groups is 1. The average molecular weight is 396 g/mol. The van der Waals surface area contributed by atoms with E-state index in [1.165, 1.54) is 17.5 Å². The Hall–Kier alpha value is -2.44. The van der Waals surface area contributed by atoms with E-state index in [-0.39, 0.29) is 12.5 Å². The molecule has 1 aromatic carbocycles. The number of pyridine rings is 1. The summed E-state index contributed by atoms with van der Waals surface area (Å²) in [5.74, 6) is 1.50. The largest absolute Gasteiger partial charge is 0.493 e. The van der Waals surface area contributed by atoms with Crippen molar-refractivity contribution in [2.24, 2.45) is 5.92 Å². The van der Waals surface area contributed by atoms with Crippen LogP contribution in [0.2, 0.25) is 0 Å². The van der Waals surface area contributed by atoms with Crippen molar-refractivity contribution in [3.05, 3.63) is 58.9 Å². The molecule has 4 rings (SSSR count). The molecule has 1 saturated heterocycles. The van der Waals surface area contributed by atoms with Gasteiger partial charge in [-0.25, -0.2) is 0 Å². The Labute approximate surface area is 171 Å². The van der Waals surface area contributed by atoms with Crippen LogP contribution in [0.4, 0.5) is 0 Å². The lowest BCUT2D eigenvalue weighted by atomic mass is 9.99. The number of likely N-dealkylation sites (tertiary alicyclic amines) is 1. The van der Waals surface area contributed by atoms with Gasteiger partial charge in [-0.05, 0) is 60.5 Å². The van der Waals surface area contributed by atoms with E-state index in [9.17, 15) is 4.79 Å². The zero-order chi connectivity index (χ0) is 20.1. The van der Waals surface area contributed by atoms with Crippen LogP contribution in [-0.4, -0.2) is 53.7 Å². The number of hydrogen-bond donors (Lipinski definition) is 2. The van der Waals surface area contributed by atoms with E-state index in [0.29, 0.717) is 24.4 Å². The highest BCUT2D eigenvalue weighted by molar-refractivity contribution is 5.93. The van der Waals surface area contributed by atoms with Crippen LogP contribution in [0.15, 0.2) is 36.7 Å². The standard InChI is InChI=1S/C23H29N3O3/c27-8-1-6-25-23(28)21-12-19(13-24-14-21)10-18-4-7-26(16-18)15-17-2-3-22-20(11-17)5-9-29-22/h2-3,11-14,18,27H,1,4-10,15-16H2,(H,25,28). The number of fused-ring (bicyclic) bond motifs is 1. The van der Waals surface area contributed by atoms with Crippen molar-refractivity contribution in [2.45, 2.75) is 32.2 Å². The smallest absolute Gasteiger partial charge is 0.252 e. The topological polar surface area (TPSA) is 74.7 Å². The Bertz CT molecular complexity index is 855. The molecule has 6 heteroatoms. The van der Waals surface area contributed by atoms with Crippen LogP contribution in [-0.2, 0) is 19.4 Å². The van der Waals surface area contributed by atoms with Crippen LogP contribution in [0, 0.1) is 5.92 Å². The number of rotatable bonds is 8. The number of amides is 1. The highest BCUT2D eigenvalue weighted by Gasteiger charge is 2.23. The van der Waals surface area contributed by atoms with Crippen molar-refractivity contribution in [3.8, 4) is 5.75 Å². The van der Waals surface area contributed by atoms with Crippen LogP contribution >= 0.6 is 0 Å². The predicted octanol–water partition coefficient (Wildman–Crippen LogP) is 2.19. The fraction of sp³-hybridized carbons (Fsp3) is 0.478. The number of benzene rings is 1. The summed E-state index contributed by atoms with van der Waals surface area (Å²) < 4.78 is 5.60. The van der Waals surface area contributed by atoms with Crippen molar-refractivity contribution in [1.82, 2.24) is 15.2 Å². The highest BCUT2D eigenvalue weighted by atomic mass is 16.5. The lowest BCUT2D eigenvalue weighted by Crippen LogP contribution is -2.25. The first-order valence-electron chi connectivity index (χ1n) is 10.5. The summed E-state index contributed by atoms with van der Waals surface area (Å²) in [6.07, 6.45) is 7.17. The van der Waals surface area contributed by atoms with E-state index < -0.39 is 0 Å². The van der Waals surface area contributed by atoms with Gasteiger partial charge in [0.1, 0.15) is 5.75 Å². The molecule has 29 heavy (non-hydrogen) atoms. The maximum Gasteiger partial charge on any atom is 0.252 e. The molecule has 1 amide bonds. The quantitative estimate of drug-likeness (QED) is 0.671. The first-order valence-corrected chi connectivity index (χ1v) is 10.5. The van der Waals surface area contributed by atoms with Gasteiger partial charge in [0.25, 0.3) is 5.91 Å². The predicted molar refractivity (Wildman–Crippen MR) is 111 cm³/mol. The van der Waals surface area contributed by atoms with Crippen LogP contribution in [0.1, 0.15) is 39.9 Å². The third-order valence-electron chi connectivity index (χ3n) is 5.73. The fourth-order valence-corrected chi connectivity index (χ4v) is 4.26. The van der Waals surface area contributed by atoms with Crippen LogP contribution in [0.25, 0.3) is 0 Å². The molecule has 1 unspecified atom stereocenters. The minimum absolute atomic E-state index is 0.0793. The molecule has 2 N–H and O–H groups in total. The summed E-state index contributed by atoms with van der Waals surface area (Å²) in [4.78, 5) is 19.0. The lowest BCUT2D eigenvalue weighted by Gasteiger charge is -2.17. The van der Waals surface area contributed by atoms with Gasteiger partial charge in [0.2, 0.25) is 0 Å². The minimum Gasteiger partial charge on any atom is -0.493 e. The minimum atomic E-state index is -0.124. The summed E-state index contributed by atoms with van der Waals surface area (Å²) in [6.45, 7) is 4.52.